The number of alkyl halides is 1. The van der Waals surface area contributed by atoms with Crippen molar-refractivity contribution in [1.82, 2.24) is 5.32 Å². The van der Waals surface area contributed by atoms with Gasteiger partial charge in [0.25, 0.3) is 0 Å². The van der Waals surface area contributed by atoms with Crippen molar-refractivity contribution in [2.24, 2.45) is 11.8 Å². The Hall–Kier alpha value is -0.0500. The first kappa shape index (κ1) is 12.4. The van der Waals surface area contributed by atoms with E-state index in [1.54, 1.807) is 0 Å². The SMILES string of the molecule is O=C(CC1CCCC1)NCC1CCCC1Br. The minimum absolute atomic E-state index is 0.276. The van der Waals surface area contributed by atoms with Crippen LogP contribution in [0.3, 0.4) is 0 Å². The minimum atomic E-state index is 0.276. The molecule has 3 heteroatoms. The second-order valence-electron chi connectivity index (χ2n) is 5.37. The predicted molar refractivity (Wildman–Crippen MR) is 69.6 cm³/mol. The second kappa shape index (κ2) is 6.04. The zero-order chi connectivity index (χ0) is 11.4. The maximum atomic E-state index is 11.7. The molecule has 2 fully saturated rings. The van der Waals surface area contributed by atoms with Crippen molar-refractivity contribution in [3.05, 3.63) is 0 Å². The number of nitrogens with one attached hydrogen (secondary N) is 1. The molecule has 2 unspecified atom stereocenters. The van der Waals surface area contributed by atoms with Gasteiger partial charge in [-0.15, -0.1) is 0 Å². The number of halogens is 1. The molecular formula is C13H22BrNO. The van der Waals surface area contributed by atoms with E-state index in [1.165, 1.54) is 44.9 Å². The van der Waals surface area contributed by atoms with Gasteiger partial charge in [0.15, 0.2) is 0 Å². The fraction of sp³-hybridized carbons (Fsp3) is 0.923. The molecule has 0 aliphatic heterocycles. The second-order valence-corrected chi connectivity index (χ2v) is 6.54. The zero-order valence-electron chi connectivity index (χ0n) is 9.88. The molecule has 0 heterocycles. The molecule has 2 rings (SSSR count). The topological polar surface area (TPSA) is 29.1 Å². The molecule has 0 saturated heterocycles. The summed E-state index contributed by atoms with van der Waals surface area (Å²) in [5.74, 6) is 1.61. The van der Waals surface area contributed by atoms with E-state index in [0.29, 0.717) is 16.7 Å². The highest BCUT2D eigenvalue weighted by atomic mass is 79.9. The Bertz CT molecular complexity index is 238. The number of hydrogen-bond donors (Lipinski definition) is 1. The van der Waals surface area contributed by atoms with Gasteiger partial charge in [0, 0.05) is 17.8 Å². The van der Waals surface area contributed by atoms with Gasteiger partial charge in [-0.25, -0.2) is 0 Å². The molecule has 2 nitrogen and oxygen atoms in total. The van der Waals surface area contributed by atoms with E-state index in [4.69, 9.17) is 0 Å². The molecule has 2 aliphatic carbocycles. The lowest BCUT2D eigenvalue weighted by atomic mass is 10.0. The standard InChI is InChI=1S/C13H22BrNO/c14-12-7-3-6-11(12)9-15-13(16)8-10-4-1-2-5-10/h10-12H,1-9H2,(H,15,16). The Kier molecular flexibility index (Phi) is 4.68. The molecule has 0 aromatic heterocycles. The largest absolute Gasteiger partial charge is 0.356 e. The number of carbonyl (C=O) groups excluding carboxylic acids is 1. The molecule has 0 radical (unpaired) electrons. The summed E-state index contributed by atoms with van der Waals surface area (Å²) in [6.07, 6.45) is 9.77. The molecule has 2 saturated carbocycles. The lowest BCUT2D eigenvalue weighted by Gasteiger charge is -2.15. The van der Waals surface area contributed by atoms with Gasteiger partial charge in [-0.3, -0.25) is 4.79 Å². The molecule has 16 heavy (non-hydrogen) atoms. The smallest absolute Gasteiger partial charge is 0.220 e. The Morgan fingerprint density at radius 1 is 1.12 bits per heavy atom. The monoisotopic (exact) mass is 287 g/mol. The van der Waals surface area contributed by atoms with Crippen LogP contribution >= 0.6 is 15.9 Å². The summed E-state index contributed by atoms with van der Waals surface area (Å²) < 4.78 is 0. The lowest BCUT2D eigenvalue weighted by Crippen LogP contribution is -2.31. The van der Waals surface area contributed by atoms with Crippen LogP contribution in [0.2, 0.25) is 0 Å². The fourth-order valence-electron chi connectivity index (χ4n) is 3.02. The normalized spacial score (nSPS) is 30.8. The first-order valence-corrected chi connectivity index (χ1v) is 7.58. The van der Waals surface area contributed by atoms with Gasteiger partial charge in [0.05, 0.1) is 0 Å². The van der Waals surface area contributed by atoms with E-state index >= 15 is 0 Å². The van der Waals surface area contributed by atoms with E-state index in [-0.39, 0.29) is 5.91 Å². The van der Waals surface area contributed by atoms with E-state index in [2.05, 4.69) is 21.2 Å². The third-order valence-electron chi connectivity index (χ3n) is 4.08. The number of amides is 1. The first-order valence-electron chi connectivity index (χ1n) is 6.66. The Labute approximate surface area is 107 Å². The summed E-state index contributed by atoms with van der Waals surface area (Å²) in [4.78, 5) is 12.4. The average Bonchev–Trinajstić information content (AvgIpc) is 2.87. The zero-order valence-corrected chi connectivity index (χ0v) is 11.5. The van der Waals surface area contributed by atoms with Crippen molar-refractivity contribution in [3.8, 4) is 0 Å². The fourth-order valence-corrected chi connectivity index (χ4v) is 3.79. The molecular weight excluding hydrogens is 266 g/mol. The van der Waals surface area contributed by atoms with Crippen LogP contribution in [-0.4, -0.2) is 17.3 Å². The molecule has 1 N–H and O–H groups in total. The highest BCUT2D eigenvalue weighted by molar-refractivity contribution is 9.09. The van der Waals surface area contributed by atoms with Gasteiger partial charge in [0.2, 0.25) is 5.91 Å². The third-order valence-corrected chi connectivity index (χ3v) is 5.28. The quantitative estimate of drug-likeness (QED) is 0.790. The van der Waals surface area contributed by atoms with Crippen LogP contribution in [-0.2, 0) is 4.79 Å². The summed E-state index contributed by atoms with van der Waals surface area (Å²) in [6, 6.07) is 0. The van der Waals surface area contributed by atoms with Crippen LogP contribution in [0.15, 0.2) is 0 Å². The Morgan fingerprint density at radius 2 is 1.88 bits per heavy atom. The minimum Gasteiger partial charge on any atom is -0.356 e. The highest BCUT2D eigenvalue weighted by Crippen LogP contribution is 2.31. The molecule has 92 valence electrons. The first-order chi connectivity index (χ1) is 7.75. The van der Waals surface area contributed by atoms with Gasteiger partial charge in [-0.1, -0.05) is 35.2 Å². The third kappa shape index (κ3) is 3.47. The van der Waals surface area contributed by atoms with Gasteiger partial charge in [0.1, 0.15) is 0 Å². The van der Waals surface area contributed by atoms with Crippen LogP contribution in [0.1, 0.15) is 51.4 Å². The Balaban J connectivity index is 1.63. The van der Waals surface area contributed by atoms with Crippen molar-refractivity contribution in [2.45, 2.75) is 56.2 Å². The summed E-state index contributed by atoms with van der Waals surface area (Å²) in [7, 11) is 0. The van der Waals surface area contributed by atoms with Gasteiger partial charge in [-0.05, 0) is 37.5 Å². The number of carbonyl (C=O) groups is 1. The molecule has 2 aliphatic rings. The maximum Gasteiger partial charge on any atom is 0.220 e. The van der Waals surface area contributed by atoms with Crippen LogP contribution in [0, 0.1) is 11.8 Å². The number of hydrogen-bond acceptors (Lipinski definition) is 1. The van der Waals surface area contributed by atoms with Crippen molar-refractivity contribution < 1.29 is 4.79 Å². The van der Waals surface area contributed by atoms with Gasteiger partial charge in [-0.2, -0.15) is 0 Å². The average molecular weight is 288 g/mol. The summed E-state index contributed by atoms with van der Waals surface area (Å²) in [5.41, 5.74) is 0. The van der Waals surface area contributed by atoms with E-state index in [0.717, 1.165) is 13.0 Å². The van der Waals surface area contributed by atoms with Crippen LogP contribution in [0.25, 0.3) is 0 Å². The maximum absolute atomic E-state index is 11.7. The summed E-state index contributed by atoms with van der Waals surface area (Å²) in [5, 5.41) is 3.11. The van der Waals surface area contributed by atoms with Crippen molar-refractivity contribution in [3.63, 3.8) is 0 Å². The van der Waals surface area contributed by atoms with Crippen LogP contribution in [0.4, 0.5) is 0 Å². The van der Waals surface area contributed by atoms with Crippen molar-refractivity contribution >= 4 is 21.8 Å². The molecule has 0 bridgehead atoms. The van der Waals surface area contributed by atoms with Gasteiger partial charge < -0.3 is 5.32 Å². The molecule has 2 atom stereocenters. The lowest BCUT2D eigenvalue weighted by molar-refractivity contribution is -0.122. The van der Waals surface area contributed by atoms with Crippen molar-refractivity contribution in [2.75, 3.05) is 6.54 Å². The molecule has 0 spiro atoms. The Morgan fingerprint density at radius 3 is 2.50 bits per heavy atom. The molecule has 0 aromatic carbocycles. The molecule has 1 amide bonds. The summed E-state index contributed by atoms with van der Waals surface area (Å²) >= 11 is 3.69. The van der Waals surface area contributed by atoms with E-state index < -0.39 is 0 Å². The highest BCUT2D eigenvalue weighted by Gasteiger charge is 2.25. The number of rotatable bonds is 4. The van der Waals surface area contributed by atoms with Crippen molar-refractivity contribution in [1.29, 1.82) is 0 Å². The van der Waals surface area contributed by atoms with Crippen LogP contribution < -0.4 is 5.32 Å². The van der Waals surface area contributed by atoms with E-state index in [1.807, 2.05) is 0 Å². The predicted octanol–water partition coefficient (Wildman–Crippen LogP) is 3.25. The van der Waals surface area contributed by atoms with E-state index in [9.17, 15) is 4.79 Å². The molecule has 0 aromatic rings. The van der Waals surface area contributed by atoms with Crippen LogP contribution in [0.5, 0.6) is 0 Å². The van der Waals surface area contributed by atoms with Gasteiger partial charge >= 0.3 is 0 Å². The summed E-state index contributed by atoms with van der Waals surface area (Å²) in [6.45, 7) is 0.876.